The lowest BCUT2D eigenvalue weighted by Gasteiger charge is -2.07. The van der Waals surface area contributed by atoms with Gasteiger partial charge in [-0.25, -0.2) is 4.98 Å². The Bertz CT molecular complexity index is 1040. The van der Waals surface area contributed by atoms with Gasteiger partial charge in [-0.3, -0.25) is 5.10 Å². The largest absolute Gasteiger partial charge is 0.320 e. The Morgan fingerprint density at radius 1 is 1.22 bits per heavy atom. The number of nitrogens with one attached hydrogen (secondary N) is 1. The minimum atomic E-state index is 0.644. The predicted octanol–water partition coefficient (Wildman–Crippen LogP) is 5.49. The molecule has 0 aliphatic heterocycles. The van der Waals surface area contributed by atoms with Gasteiger partial charge in [0.2, 0.25) is 0 Å². The van der Waals surface area contributed by atoms with Crippen LogP contribution in [0.5, 0.6) is 0 Å². The number of hydrogen-bond acceptors (Lipinski definition) is 4. The van der Waals surface area contributed by atoms with Gasteiger partial charge >= 0.3 is 0 Å². The van der Waals surface area contributed by atoms with Gasteiger partial charge in [0.1, 0.15) is 10.7 Å². The molecule has 0 unspecified atom stereocenters. The van der Waals surface area contributed by atoms with Crippen molar-refractivity contribution in [3.8, 4) is 17.6 Å². The number of aromatic amines is 1. The van der Waals surface area contributed by atoms with E-state index in [-0.39, 0.29) is 0 Å². The van der Waals surface area contributed by atoms with Gasteiger partial charge in [-0.15, -0.1) is 0 Å². The summed E-state index contributed by atoms with van der Waals surface area (Å²) in [5, 5.41) is 17.7. The van der Waals surface area contributed by atoms with Gasteiger partial charge in [0.05, 0.1) is 11.8 Å². The number of halogens is 1. The van der Waals surface area contributed by atoms with Crippen LogP contribution in [0.15, 0.2) is 64.2 Å². The molecule has 3 rings (SSSR count). The van der Waals surface area contributed by atoms with Crippen LogP contribution >= 0.6 is 23.4 Å². The summed E-state index contributed by atoms with van der Waals surface area (Å²) in [5.74, 6) is 0.799. The van der Waals surface area contributed by atoms with E-state index in [2.05, 4.69) is 16.3 Å². The maximum atomic E-state index is 8.97. The molecule has 0 amide bonds. The highest BCUT2D eigenvalue weighted by Crippen LogP contribution is 2.36. The summed E-state index contributed by atoms with van der Waals surface area (Å²) in [6.07, 6.45) is 5.43. The second kappa shape index (κ2) is 8.30. The Hall–Kier alpha value is -2.75. The fourth-order valence-corrected chi connectivity index (χ4v) is 3.61. The Morgan fingerprint density at radius 2 is 1.96 bits per heavy atom. The summed E-state index contributed by atoms with van der Waals surface area (Å²) < 4.78 is 2.04. The average molecular weight is 396 g/mol. The molecule has 0 fully saturated rings. The lowest BCUT2D eigenvalue weighted by atomic mass is 10.2. The Labute approximate surface area is 167 Å². The SMILES string of the molecule is C/C(C#N)=C\C=C(/C)c1nc(-c2ccn[nH]2)n(C)c1Sc1ccc(Cl)cc1. The third kappa shape index (κ3) is 4.33. The molecule has 27 heavy (non-hydrogen) atoms. The molecule has 2 aromatic heterocycles. The molecule has 0 radical (unpaired) electrons. The number of benzene rings is 1. The van der Waals surface area contributed by atoms with Crippen LogP contribution in [0.3, 0.4) is 0 Å². The van der Waals surface area contributed by atoms with Crippen molar-refractivity contribution in [1.29, 1.82) is 5.26 Å². The van der Waals surface area contributed by atoms with Crippen molar-refractivity contribution in [3.63, 3.8) is 0 Å². The van der Waals surface area contributed by atoms with Crippen LogP contribution in [0.4, 0.5) is 0 Å². The van der Waals surface area contributed by atoms with Crippen molar-refractivity contribution in [2.75, 3.05) is 0 Å². The zero-order chi connectivity index (χ0) is 19.4. The molecule has 1 aromatic carbocycles. The monoisotopic (exact) mass is 395 g/mol. The maximum absolute atomic E-state index is 8.97. The molecule has 5 nitrogen and oxygen atoms in total. The van der Waals surface area contributed by atoms with Gasteiger partial charge in [-0.2, -0.15) is 10.4 Å². The first kappa shape index (κ1) is 19.0. The van der Waals surface area contributed by atoms with Crippen LogP contribution in [0, 0.1) is 11.3 Å². The summed E-state index contributed by atoms with van der Waals surface area (Å²) in [6.45, 7) is 3.77. The first-order valence-corrected chi connectivity index (χ1v) is 9.44. The number of imidazole rings is 1. The predicted molar refractivity (Wildman–Crippen MR) is 109 cm³/mol. The molecule has 0 saturated carbocycles. The topological polar surface area (TPSA) is 70.3 Å². The molecule has 0 atom stereocenters. The average Bonchev–Trinajstić information content (AvgIpc) is 3.30. The quantitative estimate of drug-likeness (QED) is 0.458. The molecule has 0 aliphatic carbocycles. The second-order valence-electron chi connectivity index (χ2n) is 5.99. The van der Waals surface area contributed by atoms with Crippen molar-refractivity contribution in [2.45, 2.75) is 23.8 Å². The van der Waals surface area contributed by atoms with Gasteiger partial charge in [0, 0.05) is 28.7 Å². The van der Waals surface area contributed by atoms with Crippen molar-refractivity contribution in [2.24, 2.45) is 7.05 Å². The molecule has 0 spiro atoms. The van der Waals surface area contributed by atoms with Crippen molar-refractivity contribution < 1.29 is 0 Å². The van der Waals surface area contributed by atoms with Crippen LogP contribution in [0.1, 0.15) is 19.5 Å². The van der Waals surface area contributed by atoms with Crippen molar-refractivity contribution in [3.05, 3.63) is 65.0 Å². The van der Waals surface area contributed by atoms with E-state index in [0.29, 0.717) is 10.6 Å². The van der Waals surface area contributed by atoms with Crippen molar-refractivity contribution >= 4 is 28.9 Å². The molecule has 2 heterocycles. The number of nitriles is 1. The standard InChI is InChI=1S/C20H18ClN5S/c1-13(12-22)4-5-14(2)18-20(27-16-8-6-15(21)7-9-16)26(3)19(24-18)17-10-11-23-25-17/h4-11H,1-3H3,(H,23,25)/b13-4+,14-5+. The summed E-state index contributed by atoms with van der Waals surface area (Å²) in [6, 6.07) is 11.7. The molecule has 3 aromatic rings. The number of hydrogen-bond donors (Lipinski definition) is 1. The van der Waals surface area contributed by atoms with Crippen LogP contribution in [-0.2, 0) is 7.05 Å². The molecule has 0 aliphatic rings. The van der Waals surface area contributed by atoms with Crippen LogP contribution < -0.4 is 0 Å². The van der Waals surface area contributed by atoms with E-state index < -0.39 is 0 Å². The first-order valence-electron chi connectivity index (χ1n) is 8.25. The highest BCUT2D eigenvalue weighted by molar-refractivity contribution is 7.99. The number of allylic oxidation sites excluding steroid dienone is 4. The van der Waals surface area contributed by atoms with Crippen LogP contribution in [0.2, 0.25) is 5.02 Å². The molecule has 136 valence electrons. The highest BCUT2D eigenvalue weighted by atomic mass is 35.5. The Balaban J connectivity index is 2.09. The molecular formula is C20H18ClN5S. The number of rotatable bonds is 5. The smallest absolute Gasteiger partial charge is 0.159 e. The van der Waals surface area contributed by atoms with Crippen molar-refractivity contribution in [1.82, 2.24) is 19.7 Å². The van der Waals surface area contributed by atoms with E-state index in [1.54, 1.807) is 31.0 Å². The summed E-state index contributed by atoms with van der Waals surface area (Å²) in [7, 11) is 1.98. The second-order valence-corrected chi connectivity index (χ2v) is 7.48. The number of H-pyrrole nitrogens is 1. The normalized spacial score (nSPS) is 12.3. The highest BCUT2D eigenvalue weighted by Gasteiger charge is 2.19. The molecule has 1 N–H and O–H groups in total. The first-order chi connectivity index (χ1) is 13.0. The Kier molecular flexibility index (Phi) is 5.84. The summed E-state index contributed by atoms with van der Waals surface area (Å²) in [4.78, 5) is 5.90. The molecule has 0 bridgehead atoms. The van der Waals surface area contributed by atoms with E-state index >= 15 is 0 Å². The lowest BCUT2D eigenvalue weighted by Crippen LogP contribution is -1.95. The number of nitrogens with zero attached hydrogens (tertiary/aromatic N) is 4. The third-order valence-corrected chi connectivity index (χ3v) is 5.37. The van der Waals surface area contributed by atoms with Crippen LogP contribution in [-0.4, -0.2) is 19.7 Å². The number of aromatic nitrogens is 4. The zero-order valence-electron chi connectivity index (χ0n) is 15.2. The van der Waals surface area contributed by atoms with E-state index in [4.69, 9.17) is 21.8 Å². The molecule has 0 saturated heterocycles. The molecule has 7 heteroatoms. The zero-order valence-corrected chi connectivity index (χ0v) is 16.8. The maximum Gasteiger partial charge on any atom is 0.159 e. The fourth-order valence-electron chi connectivity index (χ4n) is 2.46. The van der Waals surface area contributed by atoms with E-state index in [1.807, 2.05) is 54.9 Å². The summed E-state index contributed by atoms with van der Waals surface area (Å²) in [5.41, 5.74) is 3.33. The van der Waals surface area contributed by atoms with Crippen LogP contribution in [0.25, 0.3) is 17.1 Å². The summed E-state index contributed by atoms with van der Waals surface area (Å²) >= 11 is 7.62. The van der Waals surface area contributed by atoms with Gasteiger partial charge in [0.25, 0.3) is 0 Å². The minimum absolute atomic E-state index is 0.644. The third-order valence-electron chi connectivity index (χ3n) is 3.95. The van der Waals surface area contributed by atoms with E-state index in [9.17, 15) is 0 Å². The van der Waals surface area contributed by atoms with E-state index in [0.717, 1.165) is 32.7 Å². The van der Waals surface area contributed by atoms with Gasteiger partial charge in [-0.1, -0.05) is 29.4 Å². The lowest BCUT2D eigenvalue weighted by molar-refractivity contribution is 0.826. The Morgan fingerprint density at radius 3 is 2.59 bits per heavy atom. The van der Waals surface area contributed by atoms with Gasteiger partial charge < -0.3 is 4.57 Å². The fraction of sp³-hybridized carbons (Fsp3) is 0.150. The van der Waals surface area contributed by atoms with Gasteiger partial charge in [0.15, 0.2) is 5.82 Å². The van der Waals surface area contributed by atoms with Gasteiger partial charge in [-0.05, 0) is 55.8 Å². The molecular weight excluding hydrogens is 378 g/mol. The minimum Gasteiger partial charge on any atom is -0.320 e. The van der Waals surface area contributed by atoms with E-state index in [1.165, 1.54) is 0 Å².